The fourth-order valence-electron chi connectivity index (χ4n) is 4.44. The first kappa shape index (κ1) is 23.3. The molecule has 0 spiro atoms. The van der Waals surface area contributed by atoms with Crippen molar-refractivity contribution in [2.45, 2.75) is 19.4 Å². The lowest BCUT2D eigenvalue weighted by Crippen LogP contribution is -2.15. The zero-order valence-electron chi connectivity index (χ0n) is 19.2. The van der Waals surface area contributed by atoms with Crippen molar-refractivity contribution in [2.24, 2.45) is 0 Å². The number of sulfone groups is 1. The van der Waals surface area contributed by atoms with E-state index in [1.807, 2.05) is 30.3 Å². The number of hydrogen-bond acceptors (Lipinski definition) is 6. The molecule has 35 heavy (non-hydrogen) atoms. The molecule has 3 heterocycles. The molecule has 1 amide bonds. The Morgan fingerprint density at radius 3 is 2.63 bits per heavy atom. The summed E-state index contributed by atoms with van der Waals surface area (Å²) < 4.78 is 31.4. The zero-order valence-corrected chi connectivity index (χ0v) is 20.7. The van der Waals surface area contributed by atoms with Crippen LogP contribution in [0, 0.1) is 6.92 Å². The van der Waals surface area contributed by atoms with Gasteiger partial charge in [0, 0.05) is 10.6 Å². The van der Waals surface area contributed by atoms with Crippen LogP contribution < -0.4 is 10.1 Å². The molecule has 0 aliphatic carbocycles. The smallest absolute Gasteiger partial charge is 0.256 e. The minimum absolute atomic E-state index is 0.00169. The number of carbonyl (C=O) groups excluding carboxylic acids is 1. The van der Waals surface area contributed by atoms with E-state index in [0.29, 0.717) is 50.9 Å². The Hall–Kier alpha value is -3.43. The number of carbonyl (C=O) groups is 1. The highest BCUT2D eigenvalue weighted by atomic mass is 35.5. The monoisotopic (exact) mass is 510 g/mol. The van der Waals surface area contributed by atoms with Gasteiger partial charge in [-0.2, -0.15) is 5.10 Å². The van der Waals surface area contributed by atoms with Crippen molar-refractivity contribution in [1.82, 2.24) is 14.8 Å². The maximum atomic E-state index is 13.6. The number of methoxy groups -OCH3 is 1. The lowest BCUT2D eigenvalue weighted by molar-refractivity contribution is 0.102. The second-order valence-electron chi connectivity index (χ2n) is 8.51. The molecule has 1 aliphatic rings. The summed E-state index contributed by atoms with van der Waals surface area (Å²) in [6.45, 7) is 1.79. The molecule has 1 fully saturated rings. The largest absolute Gasteiger partial charge is 0.495 e. The summed E-state index contributed by atoms with van der Waals surface area (Å²) in [5.41, 5.74) is 3.30. The van der Waals surface area contributed by atoms with Crippen molar-refractivity contribution in [1.29, 1.82) is 0 Å². The summed E-state index contributed by atoms with van der Waals surface area (Å²) in [6.07, 6.45) is 0.455. The first-order valence-corrected chi connectivity index (χ1v) is 13.3. The SMILES string of the molecule is COc1ccc(Cl)cc1NC(=O)c1cc(-c2ccccc2)nc2c1c(C)nn2C1CCS(=O)(=O)C1. The van der Waals surface area contributed by atoms with Gasteiger partial charge in [0.05, 0.1) is 52.7 Å². The van der Waals surface area contributed by atoms with E-state index < -0.39 is 9.84 Å². The summed E-state index contributed by atoms with van der Waals surface area (Å²) in [5.74, 6) is 0.205. The van der Waals surface area contributed by atoms with Gasteiger partial charge >= 0.3 is 0 Å². The summed E-state index contributed by atoms with van der Waals surface area (Å²) in [5, 5.41) is 8.57. The molecular weight excluding hydrogens is 488 g/mol. The highest BCUT2D eigenvalue weighted by Crippen LogP contribution is 2.33. The molecule has 1 unspecified atom stereocenters. The molecule has 180 valence electrons. The first-order chi connectivity index (χ1) is 16.8. The van der Waals surface area contributed by atoms with Crippen LogP contribution in [-0.2, 0) is 9.84 Å². The molecule has 10 heteroatoms. The number of fused-ring (bicyclic) bond motifs is 1. The van der Waals surface area contributed by atoms with E-state index in [0.717, 1.165) is 5.56 Å². The summed E-state index contributed by atoms with van der Waals surface area (Å²) >= 11 is 6.15. The second-order valence-corrected chi connectivity index (χ2v) is 11.2. The van der Waals surface area contributed by atoms with Gasteiger partial charge in [-0.1, -0.05) is 41.9 Å². The summed E-state index contributed by atoms with van der Waals surface area (Å²) in [6, 6.07) is 15.9. The van der Waals surface area contributed by atoms with Gasteiger partial charge in [0.2, 0.25) is 0 Å². The van der Waals surface area contributed by atoms with E-state index in [4.69, 9.17) is 21.3 Å². The Morgan fingerprint density at radius 2 is 1.94 bits per heavy atom. The Bertz CT molecular complexity index is 1550. The van der Waals surface area contributed by atoms with Crippen LogP contribution in [0.1, 0.15) is 28.5 Å². The Balaban J connectivity index is 1.68. The van der Waals surface area contributed by atoms with Crippen molar-refractivity contribution in [2.75, 3.05) is 23.9 Å². The molecule has 5 rings (SSSR count). The number of ether oxygens (including phenoxy) is 1. The molecule has 8 nitrogen and oxygen atoms in total. The zero-order chi connectivity index (χ0) is 24.7. The third-order valence-electron chi connectivity index (χ3n) is 6.12. The minimum Gasteiger partial charge on any atom is -0.495 e. The average Bonchev–Trinajstić information content (AvgIpc) is 3.37. The second kappa shape index (κ2) is 8.98. The maximum Gasteiger partial charge on any atom is 0.256 e. The van der Waals surface area contributed by atoms with E-state index in [1.165, 1.54) is 7.11 Å². The predicted octanol–water partition coefficient (Wildman–Crippen LogP) is 4.68. The van der Waals surface area contributed by atoms with Crippen molar-refractivity contribution in [3.63, 3.8) is 0 Å². The van der Waals surface area contributed by atoms with Gasteiger partial charge < -0.3 is 10.1 Å². The molecule has 1 N–H and O–H groups in total. The molecule has 1 atom stereocenters. The average molecular weight is 511 g/mol. The van der Waals surface area contributed by atoms with E-state index in [2.05, 4.69) is 10.4 Å². The summed E-state index contributed by atoms with van der Waals surface area (Å²) in [7, 11) is -1.62. The van der Waals surface area contributed by atoms with Crippen LogP contribution in [0.15, 0.2) is 54.6 Å². The molecule has 4 aromatic rings. The van der Waals surface area contributed by atoms with Gasteiger partial charge in [-0.15, -0.1) is 0 Å². The fraction of sp³-hybridized carbons (Fsp3) is 0.240. The number of benzene rings is 2. The molecule has 2 aromatic heterocycles. The van der Waals surface area contributed by atoms with Crippen molar-refractivity contribution in [3.8, 4) is 17.0 Å². The number of hydrogen-bond donors (Lipinski definition) is 1. The molecule has 0 radical (unpaired) electrons. The van der Waals surface area contributed by atoms with Crippen LogP contribution in [0.5, 0.6) is 5.75 Å². The Labute approximate surface area is 207 Å². The lowest BCUT2D eigenvalue weighted by atomic mass is 10.0. The quantitative estimate of drug-likeness (QED) is 0.418. The van der Waals surface area contributed by atoms with Crippen molar-refractivity contribution in [3.05, 3.63) is 70.9 Å². The van der Waals surface area contributed by atoms with Gasteiger partial charge in [0.25, 0.3) is 5.91 Å². The topological polar surface area (TPSA) is 103 Å². The minimum atomic E-state index is -3.14. The number of aromatic nitrogens is 3. The number of nitrogens with one attached hydrogen (secondary N) is 1. The predicted molar refractivity (Wildman–Crippen MR) is 136 cm³/mol. The van der Waals surface area contributed by atoms with Gasteiger partial charge in [-0.3, -0.25) is 4.79 Å². The first-order valence-electron chi connectivity index (χ1n) is 11.1. The fourth-order valence-corrected chi connectivity index (χ4v) is 6.30. The number of halogens is 1. The van der Waals surface area contributed by atoms with E-state index in [1.54, 1.807) is 35.9 Å². The van der Waals surface area contributed by atoms with Crippen LogP contribution in [0.4, 0.5) is 5.69 Å². The number of anilines is 1. The van der Waals surface area contributed by atoms with Gasteiger partial charge in [-0.25, -0.2) is 18.1 Å². The Morgan fingerprint density at radius 1 is 1.17 bits per heavy atom. The maximum absolute atomic E-state index is 13.6. The molecule has 0 bridgehead atoms. The van der Waals surface area contributed by atoms with Gasteiger partial charge in [-0.05, 0) is 37.6 Å². The van der Waals surface area contributed by atoms with Crippen molar-refractivity contribution < 1.29 is 17.9 Å². The number of pyridine rings is 1. The number of amides is 1. The highest BCUT2D eigenvalue weighted by Gasteiger charge is 2.32. The molecule has 0 saturated carbocycles. The molecule has 2 aromatic carbocycles. The van der Waals surface area contributed by atoms with E-state index in [-0.39, 0.29) is 23.5 Å². The standard InChI is InChI=1S/C25H23ClN4O4S/c1-15-23-19(25(31)28-21-12-17(26)8-9-22(21)34-2)13-20(16-6-4-3-5-7-16)27-24(23)30(29-15)18-10-11-35(32,33)14-18/h3-9,12-13,18H,10-11,14H2,1-2H3,(H,28,31). The van der Waals surface area contributed by atoms with Crippen LogP contribution >= 0.6 is 11.6 Å². The number of aryl methyl sites for hydroxylation is 1. The van der Waals surface area contributed by atoms with Crippen LogP contribution in [0.25, 0.3) is 22.3 Å². The third kappa shape index (κ3) is 4.49. The molecule has 1 saturated heterocycles. The van der Waals surface area contributed by atoms with Crippen LogP contribution in [-0.4, -0.2) is 47.7 Å². The highest BCUT2D eigenvalue weighted by molar-refractivity contribution is 7.91. The molecule has 1 aliphatic heterocycles. The van der Waals surface area contributed by atoms with E-state index >= 15 is 0 Å². The van der Waals surface area contributed by atoms with Gasteiger partial charge in [0.1, 0.15) is 5.75 Å². The van der Waals surface area contributed by atoms with E-state index in [9.17, 15) is 13.2 Å². The third-order valence-corrected chi connectivity index (χ3v) is 8.10. The van der Waals surface area contributed by atoms with Crippen molar-refractivity contribution >= 4 is 44.1 Å². The Kier molecular flexibility index (Phi) is 5.98. The lowest BCUT2D eigenvalue weighted by Gasteiger charge is -2.13. The van der Waals surface area contributed by atoms with Gasteiger partial charge in [0.15, 0.2) is 15.5 Å². The number of rotatable bonds is 5. The number of nitrogens with zero attached hydrogens (tertiary/aromatic N) is 3. The summed E-state index contributed by atoms with van der Waals surface area (Å²) in [4.78, 5) is 18.4. The van der Waals surface area contributed by atoms with Crippen LogP contribution in [0.2, 0.25) is 5.02 Å². The normalized spacial score (nSPS) is 16.9. The van der Waals surface area contributed by atoms with Crippen LogP contribution in [0.3, 0.4) is 0 Å². The molecular formula is C25H23ClN4O4S.